The number of carbonyl (C=O) groups excluding carboxylic acids is 1. The summed E-state index contributed by atoms with van der Waals surface area (Å²) in [5, 5.41) is 6.54. The average molecular weight is 253 g/mol. The van der Waals surface area contributed by atoms with Gasteiger partial charge in [0.05, 0.1) is 0 Å². The Bertz CT molecular complexity index is 268. The molecule has 1 saturated carbocycles. The molecule has 2 N–H and O–H groups in total. The van der Waals surface area contributed by atoms with E-state index in [1.807, 2.05) is 0 Å². The summed E-state index contributed by atoms with van der Waals surface area (Å²) in [4.78, 5) is 14.2. The van der Waals surface area contributed by atoms with Crippen LogP contribution in [0.1, 0.15) is 46.0 Å². The minimum Gasteiger partial charge on any atom is -0.353 e. The van der Waals surface area contributed by atoms with Gasteiger partial charge in [0.1, 0.15) is 0 Å². The Hall–Kier alpha value is -0.610. The van der Waals surface area contributed by atoms with E-state index in [2.05, 4.69) is 29.4 Å². The van der Waals surface area contributed by atoms with Crippen LogP contribution in [-0.2, 0) is 4.79 Å². The molecule has 0 atom stereocenters. The van der Waals surface area contributed by atoms with Crippen LogP contribution in [0.2, 0.25) is 0 Å². The van der Waals surface area contributed by atoms with Crippen LogP contribution in [-0.4, -0.2) is 48.6 Å². The summed E-state index contributed by atoms with van der Waals surface area (Å²) in [5.74, 6) is 0.214. The zero-order valence-corrected chi connectivity index (χ0v) is 11.7. The van der Waals surface area contributed by atoms with Crippen LogP contribution in [0.15, 0.2) is 0 Å². The van der Waals surface area contributed by atoms with Crippen molar-refractivity contribution in [3.05, 3.63) is 0 Å². The number of nitrogens with one attached hydrogen (secondary N) is 2. The predicted molar refractivity (Wildman–Crippen MR) is 73.5 cm³/mol. The molecular formula is C14H27N3O. The molecule has 0 radical (unpaired) electrons. The molecule has 0 bridgehead atoms. The second-order valence-electron chi connectivity index (χ2n) is 5.95. The second kappa shape index (κ2) is 6.53. The Balaban J connectivity index is 1.56. The molecule has 1 heterocycles. The van der Waals surface area contributed by atoms with Crippen molar-refractivity contribution in [3.63, 3.8) is 0 Å². The van der Waals surface area contributed by atoms with E-state index in [-0.39, 0.29) is 5.91 Å². The molecule has 2 rings (SSSR count). The van der Waals surface area contributed by atoms with E-state index in [0.717, 1.165) is 32.5 Å². The fraction of sp³-hybridized carbons (Fsp3) is 0.929. The van der Waals surface area contributed by atoms with Crippen LogP contribution in [0.5, 0.6) is 0 Å². The number of carbonyl (C=O) groups is 1. The Labute approximate surface area is 110 Å². The lowest BCUT2D eigenvalue weighted by Crippen LogP contribution is -2.47. The maximum atomic E-state index is 11.8. The number of amides is 1. The molecule has 0 unspecified atom stereocenters. The molecule has 1 aliphatic heterocycles. The smallest absolute Gasteiger partial charge is 0.221 e. The maximum absolute atomic E-state index is 11.8. The SMILES string of the molecule is CC(C)N1CCC(NC(=O)CCNC2CC2)CC1. The van der Waals surface area contributed by atoms with Crippen LogP contribution in [0.25, 0.3) is 0 Å². The van der Waals surface area contributed by atoms with Gasteiger partial charge in [-0.2, -0.15) is 0 Å². The van der Waals surface area contributed by atoms with E-state index >= 15 is 0 Å². The summed E-state index contributed by atoms with van der Waals surface area (Å²) in [7, 11) is 0. The van der Waals surface area contributed by atoms with Gasteiger partial charge in [-0.15, -0.1) is 0 Å². The van der Waals surface area contributed by atoms with Crippen molar-refractivity contribution in [2.75, 3.05) is 19.6 Å². The summed E-state index contributed by atoms with van der Waals surface area (Å²) in [6.45, 7) is 7.54. The molecule has 2 aliphatic rings. The Morgan fingerprint density at radius 2 is 1.83 bits per heavy atom. The molecule has 0 aromatic heterocycles. The van der Waals surface area contributed by atoms with E-state index in [1.165, 1.54) is 12.8 Å². The molecule has 1 amide bonds. The standard InChI is InChI=1S/C14H27N3O/c1-11(2)17-9-6-13(7-10-17)16-14(18)5-8-15-12-3-4-12/h11-13,15H,3-10H2,1-2H3,(H,16,18). The first-order valence-corrected chi connectivity index (χ1v) is 7.42. The van der Waals surface area contributed by atoms with E-state index in [4.69, 9.17) is 0 Å². The first-order chi connectivity index (χ1) is 8.65. The van der Waals surface area contributed by atoms with Crippen molar-refractivity contribution in [1.82, 2.24) is 15.5 Å². The normalized spacial score (nSPS) is 22.4. The minimum atomic E-state index is 0.214. The number of piperidine rings is 1. The quantitative estimate of drug-likeness (QED) is 0.745. The molecule has 4 heteroatoms. The lowest BCUT2D eigenvalue weighted by Gasteiger charge is -2.34. The van der Waals surface area contributed by atoms with E-state index in [0.29, 0.717) is 24.5 Å². The van der Waals surface area contributed by atoms with Gasteiger partial charge in [0.25, 0.3) is 0 Å². The molecule has 104 valence electrons. The summed E-state index contributed by atoms with van der Waals surface area (Å²) in [5.41, 5.74) is 0. The molecule has 0 aromatic rings. The van der Waals surface area contributed by atoms with Gasteiger partial charge in [0.2, 0.25) is 5.91 Å². The first-order valence-electron chi connectivity index (χ1n) is 7.42. The van der Waals surface area contributed by atoms with Gasteiger partial charge in [-0.1, -0.05) is 0 Å². The summed E-state index contributed by atoms with van der Waals surface area (Å²) in [6, 6.07) is 1.73. The van der Waals surface area contributed by atoms with Crippen molar-refractivity contribution >= 4 is 5.91 Å². The fourth-order valence-corrected chi connectivity index (χ4v) is 2.54. The molecular weight excluding hydrogens is 226 g/mol. The lowest BCUT2D eigenvalue weighted by molar-refractivity contribution is -0.122. The van der Waals surface area contributed by atoms with Gasteiger partial charge >= 0.3 is 0 Å². The average Bonchev–Trinajstić information content (AvgIpc) is 3.13. The zero-order valence-electron chi connectivity index (χ0n) is 11.7. The predicted octanol–water partition coefficient (Wildman–Crippen LogP) is 1.12. The zero-order chi connectivity index (χ0) is 13.0. The van der Waals surface area contributed by atoms with Gasteiger partial charge in [-0.25, -0.2) is 0 Å². The third-order valence-electron chi connectivity index (χ3n) is 3.99. The van der Waals surface area contributed by atoms with Gasteiger partial charge in [0, 0.05) is 44.2 Å². The summed E-state index contributed by atoms with van der Waals surface area (Å²) >= 11 is 0. The molecule has 1 aliphatic carbocycles. The minimum absolute atomic E-state index is 0.214. The third kappa shape index (κ3) is 4.58. The van der Waals surface area contributed by atoms with E-state index in [9.17, 15) is 4.79 Å². The largest absolute Gasteiger partial charge is 0.353 e. The highest BCUT2D eigenvalue weighted by molar-refractivity contribution is 5.76. The number of hydrogen-bond donors (Lipinski definition) is 2. The van der Waals surface area contributed by atoms with E-state index < -0.39 is 0 Å². The number of nitrogens with zero attached hydrogens (tertiary/aromatic N) is 1. The third-order valence-corrected chi connectivity index (χ3v) is 3.99. The fourth-order valence-electron chi connectivity index (χ4n) is 2.54. The van der Waals surface area contributed by atoms with Crippen LogP contribution < -0.4 is 10.6 Å². The number of hydrogen-bond acceptors (Lipinski definition) is 3. The summed E-state index contributed by atoms with van der Waals surface area (Å²) in [6.07, 6.45) is 5.39. The molecule has 18 heavy (non-hydrogen) atoms. The highest BCUT2D eigenvalue weighted by Crippen LogP contribution is 2.18. The van der Waals surface area contributed by atoms with Gasteiger partial charge < -0.3 is 15.5 Å². The van der Waals surface area contributed by atoms with Crippen LogP contribution in [0, 0.1) is 0 Å². The Kier molecular flexibility index (Phi) is 5.01. The van der Waals surface area contributed by atoms with Gasteiger partial charge in [0.15, 0.2) is 0 Å². The monoisotopic (exact) mass is 253 g/mol. The molecule has 0 aromatic carbocycles. The van der Waals surface area contributed by atoms with Crippen molar-refractivity contribution in [3.8, 4) is 0 Å². The molecule has 0 spiro atoms. The van der Waals surface area contributed by atoms with Crippen LogP contribution >= 0.6 is 0 Å². The van der Waals surface area contributed by atoms with Crippen LogP contribution in [0.3, 0.4) is 0 Å². The number of likely N-dealkylation sites (tertiary alicyclic amines) is 1. The molecule has 4 nitrogen and oxygen atoms in total. The van der Waals surface area contributed by atoms with Crippen molar-refractivity contribution < 1.29 is 4.79 Å². The highest BCUT2D eigenvalue weighted by atomic mass is 16.1. The Morgan fingerprint density at radius 3 is 2.39 bits per heavy atom. The lowest BCUT2D eigenvalue weighted by atomic mass is 10.0. The first kappa shape index (κ1) is 13.8. The Morgan fingerprint density at radius 1 is 1.17 bits per heavy atom. The summed E-state index contributed by atoms with van der Waals surface area (Å²) < 4.78 is 0. The molecule has 2 fully saturated rings. The second-order valence-corrected chi connectivity index (χ2v) is 5.95. The van der Waals surface area contributed by atoms with Gasteiger partial charge in [-0.3, -0.25) is 4.79 Å². The number of rotatable bonds is 6. The van der Waals surface area contributed by atoms with E-state index in [1.54, 1.807) is 0 Å². The molecule has 1 saturated heterocycles. The highest BCUT2D eigenvalue weighted by Gasteiger charge is 2.23. The van der Waals surface area contributed by atoms with Gasteiger partial charge in [-0.05, 0) is 39.5 Å². The van der Waals surface area contributed by atoms with Crippen molar-refractivity contribution in [2.45, 2.75) is 64.1 Å². The van der Waals surface area contributed by atoms with Crippen molar-refractivity contribution in [2.24, 2.45) is 0 Å². The topological polar surface area (TPSA) is 44.4 Å². The maximum Gasteiger partial charge on any atom is 0.221 e. The van der Waals surface area contributed by atoms with Crippen molar-refractivity contribution in [1.29, 1.82) is 0 Å². The van der Waals surface area contributed by atoms with Crippen LogP contribution in [0.4, 0.5) is 0 Å².